The molecule has 1 aromatic rings. The molecule has 0 fully saturated rings. The van der Waals surface area contributed by atoms with Crippen molar-refractivity contribution in [2.75, 3.05) is 12.8 Å². The van der Waals surface area contributed by atoms with E-state index in [2.05, 4.69) is 22.8 Å². The predicted octanol–water partition coefficient (Wildman–Crippen LogP) is 1.40. The number of hydrogen-bond acceptors (Lipinski definition) is 5. The van der Waals surface area contributed by atoms with E-state index >= 15 is 0 Å². The van der Waals surface area contributed by atoms with Gasteiger partial charge in [-0.2, -0.15) is 0 Å². The largest absolute Gasteiger partial charge is 0.248 e. The highest BCUT2D eigenvalue weighted by molar-refractivity contribution is 7.98. The molecule has 0 bridgehead atoms. The first-order valence-electron chi connectivity index (χ1n) is 4.12. The van der Waals surface area contributed by atoms with Crippen molar-refractivity contribution in [2.24, 2.45) is 0 Å². The lowest BCUT2D eigenvalue weighted by atomic mass is 10.1. The smallest absolute Gasteiger partial charge is 0.187 e. The van der Waals surface area contributed by atoms with Gasteiger partial charge in [0.25, 0.3) is 0 Å². The van der Waals surface area contributed by atoms with Gasteiger partial charge < -0.3 is 0 Å². The molecule has 0 amide bonds. The molecule has 0 aromatic carbocycles. The summed E-state index contributed by atoms with van der Waals surface area (Å²) in [5.74, 6) is 0. The monoisotopic (exact) mass is 213 g/mol. The fourth-order valence-electron chi connectivity index (χ4n) is 1.38. The second kappa shape index (κ2) is 3.86. The normalized spacial score (nSPS) is 17.1. The SMILES string of the molecule is CSc1ncc2c(n1)CCN(S)C2. The standard InChI is InChI=1S/C8H11N3S2/c1-13-8-9-4-6-5-11(12)3-2-7(6)10-8/h4,12H,2-3,5H2,1H3. The van der Waals surface area contributed by atoms with E-state index in [0.717, 1.165) is 24.7 Å². The Labute approximate surface area is 87.5 Å². The maximum absolute atomic E-state index is 4.46. The maximum atomic E-state index is 4.46. The van der Waals surface area contributed by atoms with Crippen LogP contribution in [0, 0.1) is 0 Å². The molecular weight excluding hydrogens is 202 g/mol. The third kappa shape index (κ3) is 1.98. The Morgan fingerprint density at radius 3 is 3.23 bits per heavy atom. The van der Waals surface area contributed by atoms with Crippen molar-refractivity contribution in [3.63, 3.8) is 0 Å². The average Bonchev–Trinajstić information content (AvgIpc) is 2.17. The van der Waals surface area contributed by atoms with E-state index in [4.69, 9.17) is 0 Å². The zero-order valence-corrected chi connectivity index (χ0v) is 9.11. The van der Waals surface area contributed by atoms with E-state index in [1.807, 2.05) is 16.8 Å². The topological polar surface area (TPSA) is 29.0 Å². The summed E-state index contributed by atoms with van der Waals surface area (Å²) in [7, 11) is 0. The van der Waals surface area contributed by atoms with Gasteiger partial charge in [-0.1, -0.05) is 24.6 Å². The molecule has 0 unspecified atom stereocenters. The molecule has 13 heavy (non-hydrogen) atoms. The number of nitrogens with zero attached hydrogens (tertiary/aromatic N) is 3. The van der Waals surface area contributed by atoms with Gasteiger partial charge in [0.1, 0.15) is 0 Å². The minimum Gasteiger partial charge on any atom is -0.248 e. The number of aromatic nitrogens is 2. The molecule has 2 heterocycles. The van der Waals surface area contributed by atoms with Crippen molar-refractivity contribution in [3.8, 4) is 0 Å². The van der Waals surface area contributed by atoms with Gasteiger partial charge in [0.15, 0.2) is 5.16 Å². The Kier molecular flexibility index (Phi) is 2.76. The van der Waals surface area contributed by atoms with Crippen LogP contribution in [0.4, 0.5) is 0 Å². The molecule has 0 atom stereocenters. The fraction of sp³-hybridized carbons (Fsp3) is 0.500. The van der Waals surface area contributed by atoms with Crippen molar-refractivity contribution in [1.29, 1.82) is 0 Å². The Balaban J connectivity index is 2.31. The zero-order chi connectivity index (χ0) is 9.26. The van der Waals surface area contributed by atoms with Crippen LogP contribution >= 0.6 is 24.6 Å². The summed E-state index contributed by atoms with van der Waals surface area (Å²) in [6.07, 6.45) is 4.89. The third-order valence-corrected chi connectivity index (χ3v) is 2.98. The van der Waals surface area contributed by atoms with E-state index in [1.165, 1.54) is 11.3 Å². The van der Waals surface area contributed by atoms with Gasteiger partial charge in [0.05, 0.1) is 5.69 Å². The van der Waals surface area contributed by atoms with Gasteiger partial charge in [-0.3, -0.25) is 0 Å². The zero-order valence-electron chi connectivity index (χ0n) is 7.40. The van der Waals surface area contributed by atoms with E-state index in [-0.39, 0.29) is 0 Å². The molecule has 70 valence electrons. The van der Waals surface area contributed by atoms with E-state index in [0.29, 0.717) is 0 Å². The molecule has 0 radical (unpaired) electrons. The van der Waals surface area contributed by atoms with Gasteiger partial charge in [-0.05, 0) is 6.26 Å². The molecule has 5 heteroatoms. The van der Waals surface area contributed by atoms with Gasteiger partial charge in [-0.15, -0.1) is 0 Å². The van der Waals surface area contributed by atoms with Crippen LogP contribution in [0.25, 0.3) is 0 Å². The highest BCUT2D eigenvalue weighted by Gasteiger charge is 2.15. The summed E-state index contributed by atoms with van der Waals surface area (Å²) in [6.45, 7) is 1.83. The van der Waals surface area contributed by atoms with Gasteiger partial charge in [-0.25, -0.2) is 14.3 Å². The van der Waals surface area contributed by atoms with Gasteiger partial charge in [0, 0.05) is 31.3 Å². The van der Waals surface area contributed by atoms with Crippen molar-refractivity contribution < 1.29 is 0 Å². The summed E-state index contributed by atoms with van der Waals surface area (Å²) in [4.78, 5) is 8.69. The molecule has 2 rings (SSSR count). The van der Waals surface area contributed by atoms with Gasteiger partial charge >= 0.3 is 0 Å². The highest BCUT2D eigenvalue weighted by Crippen LogP contribution is 2.19. The first kappa shape index (κ1) is 9.30. The summed E-state index contributed by atoms with van der Waals surface area (Å²) in [6, 6.07) is 0. The lowest BCUT2D eigenvalue weighted by Crippen LogP contribution is -2.23. The van der Waals surface area contributed by atoms with Gasteiger partial charge in [0.2, 0.25) is 0 Å². The number of fused-ring (bicyclic) bond motifs is 1. The van der Waals surface area contributed by atoms with Crippen LogP contribution in [0.1, 0.15) is 11.3 Å². The molecule has 0 aliphatic carbocycles. The Morgan fingerprint density at radius 1 is 1.62 bits per heavy atom. The lowest BCUT2D eigenvalue weighted by Gasteiger charge is -2.22. The number of thiol groups is 1. The summed E-state index contributed by atoms with van der Waals surface area (Å²) in [5, 5.41) is 0.867. The Bertz CT molecular complexity index is 316. The maximum Gasteiger partial charge on any atom is 0.187 e. The summed E-state index contributed by atoms with van der Waals surface area (Å²) >= 11 is 5.89. The molecular formula is C8H11N3S2. The fourth-order valence-corrected chi connectivity index (χ4v) is 1.99. The van der Waals surface area contributed by atoms with Crippen LogP contribution in [-0.2, 0) is 13.0 Å². The lowest BCUT2D eigenvalue weighted by molar-refractivity contribution is 0.440. The molecule has 1 aliphatic rings. The highest BCUT2D eigenvalue weighted by atomic mass is 32.2. The quantitative estimate of drug-likeness (QED) is 0.434. The van der Waals surface area contributed by atoms with E-state index in [1.54, 1.807) is 11.8 Å². The average molecular weight is 213 g/mol. The van der Waals surface area contributed by atoms with Crippen molar-refractivity contribution in [3.05, 3.63) is 17.5 Å². The number of rotatable bonds is 1. The third-order valence-electron chi connectivity index (χ3n) is 2.07. The molecule has 0 saturated heterocycles. The predicted molar refractivity (Wildman–Crippen MR) is 56.9 cm³/mol. The van der Waals surface area contributed by atoms with Crippen LogP contribution in [-0.4, -0.2) is 27.1 Å². The summed E-state index contributed by atoms with van der Waals surface area (Å²) < 4.78 is 1.99. The minimum absolute atomic E-state index is 0.854. The van der Waals surface area contributed by atoms with Crippen LogP contribution in [0.15, 0.2) is 11.4 Å². The number of hydrogen-bond donors (Lipinski definition) is 1. The van der Waals surface area contributed by atoms with Crippen LogP contribution in [0.2, 0.25) is 0 Å². The van der Waals surface area contributed by atoms with Crippen molar-refractivity contribution in [2.45, 2.75) is 18.1 Å². The molecule has 0 saturated carbocycles. The van der Waals surface area contributed by atoms with Crippen LogP contribution in [0.3, 0.4) is 0 Å². The first-order valence-corrected chi connectivity index (χ1v) is 5.74. The summed E-state index contributed by atoms with van der Waals surface area (Å²) in [5.41, 5.74) is 2.39. The molecule has 0 spiro atoms. The minimum atomic E-state index is 0.854. The first-order chi connectivity index (χ1) is 6.29. The second-order valence-corrected chi connectivity index (χ2v) is 4.31. The molecule has 1 aromatic heterocycles. The second-order valence-electron chi connectivity index (χ2n) is 2.97. The van der Waals surface area contributed by atoms with E-state index < -0.39 is 0 Å². The molecule has 1 aliphatic heterocycles. The van der Waals surface area contributed by atoms with E-state index in [9.17, 15) is 0 Å². The molecule has 3 nitrogen and oxygen atoms in total. The Hall–Kier alpha value is -0.260. The molecule has 0 N–H and O–H groups in total. The van der Waals surface area contributed by atoms with Crippen molar-refractivity contribution in [1.82, 2.24) is 14.3 Å². The van der Waals surface area contributed by atoms with Crippen LogP contribution in [0.5, 0.6) is 0 Å². The van der Waals surface area contributed by atoms with Crippen molar-refractivity contribution >= 4 is 24.6 Å². The van der Waals surface area contributed by atoms with Crippen LogP contribution < -0.4 is 0 Å². The number of thioether (sulfide) groups is 1. The Morgan fingerprint density at radius 2 is 2.46 bits per heavy atom.